The highest BCUT2D eigenvalue weighted by atomic mass is 35.5. The maximum absolute atomic E-state index is 11.9. The van der Waals surface area contributed by atoms with Gasteiger partial charge in [0, 0.05) is 18.2 Å². The summed E-state index contributed by atoms with van der Waals surface area (Å²) in [7, 11) is -16.2. The van der Waals surface area contributed by atoms with Gasteiger partial charge in [0.2, 0.25) is 4.86 Å². The number of phosphoric acid groups is 1. The highest BCUT2D eigenvalue weighted by molar-refractivity contribution is 7.77. The Morgan fingerprint density at radius 1 is 1.30 bits per heavy atom. The van der Waals surface area contributed by atoms with Crippen LogP contribution in [0.4, 0.5) is 0 Å². The highest BCUT2D eigenvalue weighted by Crippen LogP contribution is 2.71. The topological polar surface area (TPSA) is 235 Å². The summed E-state index contributed by atoms with van der Waals surface area (Å²) in [5, 5.41) is 10.0. The minimum atomic E-state index is -5.50. The number of alkyl halides is 1. The van der Waals surface area contributed by atoms with Crippen LogP contribution in [0.5, 0.6) is 0 Å². The third-order valence-electron chi connectivity index (χ3n) is 3.83. The zero-order valence-electron chi connectivity index (χ0n) is 15.0. The average Bonchev–Trinajstić information content (AvgIpc) is 2.94. The van der Waals surface area contributed by atoms with Crippen molar-refractivity contribution in [3.63, 3.8) is 0 Å². The minimum Gasteiger partial charge on any atom is -0.390 e. The fourth-order valence-corrected chi connectivity index (χ4v) is 6.64. The maximum Gasteiger partial charge on any atom is 0.479 e. The van der Waals surface area contributed by atoms with Crippen molar-refractivity contribution in [3.8, 4) is 0 Å². The van der Waals surface area contributed by atoms with Gasteiger partial charge in [0.15, 0.2) is 0 Å². The van der Waals surface area contributed by atoms with Gasteiger partial charge in [0.25, 0.3) is 5.56 Å². The number of phosphoric ester groups is 1. The normalized spacial score (nSPS) is 27.4. The first-order chi connectivity index (χ1) is 13.5. The molecule has 6 atom stereocenters. The van der Waals surface area contributed by atoms with E-state index in [0.29, 0.717) is 0 Å². The highest BCUT2D eigenvalue weighted by Gasteiger charge is 2.49. The Bertz CT molecular complexity index is 1050. The van der Waals surface area contributed by atoms with Crippen LogP contribution >= 0.6 is 34.6 Å². The number of aromatic nitrogens is 2. The van der Waals surface area contributed by atoms with E-state index in [4.69, 9.17) is 26.1 Å². The van der Waals surface area contributed by atoms with E-state index in [1.807, 2.05) is 4.98 Å². The Balaban J connectivity index is 2.05. The van der Waals surface area contributed by atoms with Gasteiger partial charge in [-0.15, -0.1) is 0 Å². The molecule has 1 aromatic heterocycles. The summed E-state index contributed by atoms with van der Waals surface area (Å²) < 4.78 is 49.2. The summed E-state index contributed by atoms with van der Waals surface area (Å²) in [5.41, 5.74) is -1.26. The Morgan fingerprint density at radius 2 is 1.90 bits per heavy atom. The first kappa shape index (κ1) is 25.6. The van der Waals surface area contributed by atoms with Gasteiger partial charge in [-0.05, 0) is 6.92 Å². The molecule has 30 heavy (non-hydrogen) atoms. The van der Waals surface area contributed by atoms with Crippen LogP contribution in [0.25, 0.3) is 0 Å². The number of H-pyrrole nitrogens is 1. The molecule has 0 spiro atoms. The molecule has 0 aliphatic carbocycles. The lowest BCUT2D eigenvalue weighted by Crippen LogP contribution is -2.33. The molecule has 1 aliphatic heterocycles. The van der Waals surface area contributed by atoms with Crippen LogP contribution in [-0.4, -0.2) is 57.9 Å². The van der Waals surface area contributed by atoms with Gasteiger partial charge in [-0.2, -0.15) is 0 Å². The number of hydrogen-bond acceptors (Lipinski definition) is 9. The molecule has 0 bridgehead atoms. The van der Waals surface area contributed by atoms with E-state index in [1.165, 1.54) is 13.1 Å². The molecule has 1 saturated heterocycles. The number of halogens is 1. The van der Waals surface area contributed by atoms with E-state index in [9.17, 15) is 38.2 Å². The van der Waals surface area contributed by atoms with Crippen molar-refractivity contribution in [1.29, 1.82) is 0 Å². The van der Waals surface area contributed by atoms with Crippen molar-refractivity contribution in [2.24, 2.45) is 0 Å². The molecule has 15 nitrogen and oxygen atoms in total. The van der Waals surface area contributed by atoms with Crippen LogP contribution in [-0.2, 0) is 27.3 Å². The van der Waals surface area contributed by atoms with E-state index >= 15 is 0 Å². The van der Waals surface area contributed by atoms with E-state index in [0.717, 1.165) is 4.57 Å². The lowest BCUT2D eigenvalue weighted by Gasteiger charge is -2.22. The average molecular weight is 515 g/mol. The first-order valence-corrected chi connectivity index (χ1v) is 13.2. The quantitative estimate of drug-likeness (QED) is 0.190. The summed E-state index contributed by atoms with van der Waals surface area (Å²) in [6.07, 6.45) is -2.67. The fourth-order valence-electron chi connectivity index (χ4n) is 2.40. The third-order valence-corrected chi connectivity index (χ3v) is 10.4. The molecule has 19 heteroatoms. The summed E-state index contributed by atoms with van der Waals surface area (Å²) >= 11 is 5.12. The Hall–Kier alpha value is -0.660. The molecule has 1 aliphatic rings. The monoisotopic (exact) mass is 514 g/mol. The molecule has 6 N–H and O–H groups in total. The minimum absolute atomic E-state index is 0.170. The molecule has 0 radical (unpaired) electrons. The van der Waals surface area contributed by atoms with Crippen LogP contribution in [0.15, 0.2) is 15.8 Å². The molecule has 0 amide bonds. The second-order valence-electron chi connectivity index (χ2n) is 6.22. The lowest BCUT2D eigenvalue weighted by atomic mass is 10.2. The van der Waals surface area contributed by atoms with Gasteiger partial charge in [-0.3, -0.25) is 28.0 Å². The van der Waals surface area contributed by atoms with Crippen molar-refractivity contribution < 1.29 is 51.9 Å². The van der Waals surface area contributed by atoms with Gasteiger partial charge in [0.05, 0.1) is 12.7 Å². The first-order valence-electron chi connectivity index (χ1n) is 7.89. The van der Waals surface area contributed by atoms with Crippen LogP contribution < -0.4 is 11.2 Å². The number of aliphatic hydroxyl groups is 1. The number of rotatable bonds is 8. The summed E-state index contributed by atoms with van der Waals surface area (Å²) in [6, 6.07) is 0. The number of nitrogens with one attached hydrogen (secondary N) is 1. The zero-order valence-corrected chi connectivity index (χ0v) is 18.4. The number of aryl methyl sites for hydroxylation is 1. The van der Waals surface area contributed by atoms with Crippen molar-refractivity contribution in [3.05, 3.63) is 32.6 Å². The lowest BCUT2D eigenvalue weighted by molar-refractivity contribution is -0.0448. The van der Waals surface area contributed by atoms with Crippen LogP contribution in [0, 0.1) is 6.92 Å². The molecule has 2 unspecified atom stereocenters. The molecule has 2 rings (SSSR count). The number of aromatic amines is 1. The number of hydrogen-bond donors (Lipinski definition) is 6. The van der Waals surface area contributed by atoms with Crippen LogP contribution in [0.1, 0.15) is 18.2 Å². The largest absolute Gasteiger partial charge is 0.479 e. The molecular formula is C11H18ClN2O13P3. The molecule has 172 valence electrons. The Morgan fingerprint density at radius 3 is 2.47 bits per heavy atom. The molecule has 0 aromatic carbocycles. The molecule has 2 heterocycles. The van der Waals surface area contributed by atoms with Gasteiger partial charge in [-0.25, -0.2) is 13.7 Å². The summed E-state index contributed by atoms with van der Waals surface area (Å²) in [4.78, 5) is 59.1. The SMILES string of the molecule is Cc1cn([C@H]2C[C@H](O)[C@@H](COP(=O)(O)OP(=O)(O)[C@H](Cl)P(=O)(O)O)O2)c(=O)[nH]c1=O. The fraction of sp³-hybridized carbons (Fsp3) is 0.636. The summed E-state index contributed by atoms with van der Waals surface area (Å²) in [5.74, 6) is 0. The predicted octanol–water partition coefficient (Wildman–Crippen LogP) is -0.487. The van der Waals surface area contributed by atoms with E-state index in [2.05, 4.69) is 8.83 Å². The number of ether oxygens (including phenoxy) is 1. The van der Waals surface area contributed by atoms with E-state index in [1.54, 1.807) is 0 Å². The predicted molar refractivity (Wildman–Crippen MR) is 99.0 cm³/mol. The molecule has 1 aromatic rings. The maximum atomic E-state index is 11.9. The van der Waals surface area contributed by atoms with Gasteiger partial charge in [0.1, 0.15) is 12.3 Å². The van der Waals surface area contributed by atoms with Crippen molar-refractivity contribution in [2.75, 3.05) is 6.61 Å². The van der Waals surface area contributed by atoms with Gasteiger partial charge in [-0.1, -0.05) is 11.6 Å². The zero-order chi connectivity index (χ0) is 23.1. The number of nitrogens with zero attached hydrogens (tertiary/aromatic N) is 1. The molecule has 1 fully saturated rings. The Kier molecular flexibility index (Phi) is 7.74. The summed E-state index contributed by atoms with van der Waals surface area (Å²) in [6.45, 7) is 0.556. The van der Waals surface area contributed by atoms with Crippen molar-refractivity contribution >= 4 is 34.6 Å². The van der Waals surface area contributed by atoms with E-state index in [-0.39, 0.29) is 12.0 Å². The smallest absolute Gasteiger partial charge is 0.390 e. The number of aliphatic hydroxyl groups excluding tert-OH is 1. The second kappa shape index (κ2) is 9.07. The van der Waals surface area contributed by atoms with E-state index < -0.39 is 64.2 Å². The van der Waals surface area contributed by atoms with Gasteiger partial charge >= 0.3 is 28.7 Å². The van der Waals surface area contributed by atoms with Crippen molar-refractivity contribution in [1.82, 2.24) is 9.55 Å². The third kappa shape index (κ3) is 6.19. The standard InChI is InChI=1S/C11H18ClN2O13P3/c1-5-3-14(11(17)13-9(5)16)8-2-6(15)7(26-8)4-25-30(23,24)27-29(21,22)10(12)28(18,19)20/h3,6-8,10,15H,2,4H2,1H3,(H,21,22)(H,23,24)(H,13,16,17)(H2,18,19,20)/t6-,7+,8+,10+/m0/s1. The second-order valence-corrected chi connectivity index (χ2v) is 12.9. The van der Waals surface area contributed by atoms with Crippen LogP contribution in [0.3, 0.4) is 0 Å². The van der Waals surface area contributed by atoms with Gasteiger partial charge < -0.3 is 29.4 Å². The molecule has 0 saturated carbocycles. The Labute approximate surface area is 172 Å². The molecular weight excluding hydrogens is 496 g/mol. The van der Waals surface area contributed by atoms with Crippen LogP contribution in [0.2, 0.25) is 0 Å². The van der Waals surface area contributed by atoms with Crippen molar-refractivity contribution in [2.45, 2.75) is 36.6 Å².